The molecule has 0 radical (unpaired) electrons. The Balaban J connectivity index is 2.94. The van der Waals surface area contributed by atoms with Gasteiger partial charge in [-0.15, -0.1) is 0 Å². The molecular formula is C14H20N2. The number of pyridine rings is 1. The number of aromatic nitrogens is 2. The molecule has 2 aromatic heterocycles. The molecule has 0 N–H and O–H groups in total. The summed E-state index contributed by atoms with van der Waals surface area (Å²) in [5, 5.41) is 0. The first-order valence-corrected chi connectivity index (χ1v) is 5.78. The summed E-state index contributed by atoms with van der Waals surface area (Å²) in [5.74, 6) is 0. The third kappa shape index (κ3) is 1.53. The molecule has 0 aliphatic rings. The highest BCUT2D eigenvalue weighted by Gasteiger charge is 2.23. The maximum absolute atomic E-state index is 4.70. The van der Waals surface area contributed by atoms with Gasteiger partial charge in [-0.1, -0.05) is 26.8 Å². The van der Waals surface area contributed by atoms with Gasteiger partial charge in [0.2, 0.25) is 0 Å². The van der Waals surface area contributed by atoms with Crippen molar-refractivity contribution >= 4 is 5.65 Å². The lowest BCUT2D eigenvalue weighted by atomic mass is 9.90. The van der Waals surface area contributed by atoms with Crippen LogP contribution in [0.15, 0.2) is 12.1 Å². The van der Waals surface area contributed by atoms with Crippen LogP contribution in [0.4, 0.5) is 0 Å². The van der Waals surface area contributed by atoms with Gasteiger partial charge in [0, 0.05) is 11.1 Å². The van der Waals surface area contributed by atoms with Crippen molar-refractivity contribution < 1.29 is 0 Å². The topological polar surface area (TPSA) is 17.3 Å². The van der Waals surface area contributed by atoms with Crippen LogP contribution < -0.4 is 0 Å². The molecule has 86 valence electrons. The monoisotopic (exact) mass is 216 g/mol. The first-order valence-electron chi connectivity index (χ1n) is 5.78. The lowest BCUT2D eigenvalue weighted by molar-refractivity contribution is 0.557. The molecule has 0 fully saturated rings. The summed E-state index contributed by atoms with van der Waals surface area (Å²) in [6.07, 6.45) is 0. The van der Waals surface area contributed by atoms with Gasteiger partial charge >= 0.3 is 0 Å². The molecule has 0 unspecified atom stereocenters. The minimum absolute atomic E-state index is 0.127. The molecule has 0 amide bonds. The molecule has 2 nitrogen and oxygen atoms in total. The van der Waals surface area contributed by atoms with Crippen molar-refractivity contribution in [2.75, 3.05) is 0 Å². The third-order valence-corrected chi connectivity index (χ3v) is 3.04. The molecule has 0 aliphatic heterocycles. The lowest BCUT2D eigenvalue weighted by Crippen LogP contribution is -2.16. The Morgan fingerprint density at radius 2 is 1.69 bits per heavy atom. The van der Waals surface area contributed by atoms with E-state index in [0.717, 1.165) is 11.3 Å². The van der Waals surface area contributed by atoms with E-state index in [9.17, 15) is 0 Å². The maximum atomic E-state index is 4.70. The van der Waals surface area contributed by atoms with E-state index in [4.69, 9.17) is 4.98 Å². The van der Waals surface area contributed by atoms with Crippen LogP contribution in [0.3, 0.4) is 0 Å². The van der Waals surface area contributed by atoms with Crippen LogP contribution in [0.1, 0.15) is 43.4 Å². The normalized spacial score (nSPS) is 12.4. The quantitative estimate of drug-likeness (QED) is 0.658. The summed E-state index contributed by atoms with van der Waals surface area (Å²) in [5.41, 5.74) is 6.19. The van der Waals surface area contributed by atoms with Gasteiger partial charge in [-0.25, -0.2) is 4.98 Å². The second-order valence-corrected chi connectivity index (χ2v) is 5.61. The zero-order valence-electron chi connectivity index (χ0n) is 11.0. The molecule has 2 heterocycles. The lowest BCUT2D eigenvalue weighted by Gasteiger charge is -2.20. The number of aryl methyl sites for hydroxylation is 3. The molecule has 0 saturated heterocycles. The molecule has 0 bridgehead atoms. The minimum Gasteiger partial charge on any atom is -0.300 e. The van der Waals surface area contributed by atoms with Gasteiger partial charge in [0.15, 0.2) is 0 Å². The van der Waals surface area contributed by atoms with E-state index in [1.165, 1.54) is 17.0 Å². The summed E-state index contributed by atoms with van der Waals surface area (Å²) in [7, 11) is 0. The van der Waals surface area contributed by atoms with Crippen LogP contribution in [0, 0.1) is 20.8 Å². The number of hydrogen-bond acceptors (Lipinski definition) is 1. The molecular weight excluding hydrogens is 196 g/mol. The zero-order chi connectivity index (χ0) is 12.1. The number of fused-ring (bicyclic) bond motifs is 1. The van der Waals surface area contributed by atoms with E-state index in [1.54, 1.807) is 0 Å². The molecule has 16 heavy (non-hydrogen) atoms. The fourth-order valence-electron chi connectivity index (χ4n) is 2.41. The zero-order valence-corrected chi connectivity index (χ0v) is 11.0. The molecule has 0 atom stereocenters. The molecule has 2 heteroatoms. The van der Waals surface area contributed by atoms with E-state index >= 15 is 0 Å². The number of imidazole rings is 1. The Kier molecular flexibility index (Phi) is 2.33. The summed E-state index contributed by atoms with van der Waals surface area (Å²) in [6.45, 7) is 13.1. The van der Waals surface area contributed by atoms with Crippen molar-refractivity contribution in [2.45, 2.75) is 47.0 Å². The average Bonchev–Trinajstić information content (AvgIpc) is 2.49. The van der Waals surface area contributed by atoms with Crippen LogP contribution >= 0.6 is 0 Å². The van der Waals surface area contributed by atoms with Crippen LogP contribution in [-0.2, 0) is 5.41 Å². The summed E-state index contributed by atoms with van der Waals surface area (Å²) in [4.78, 5) is 4.70. The van der Waals surface area contributed by atoms with Crippen LogP contribution in [0.2, 0.25) is 0 Å². The fourth-order valence-corrected chi connectivity index (χ4v) is 2.41. The van der Waals surface area contributed by atoms with Crippen LogP contribution in [0.25, 0.3) is 5.65 Å². The SMILES string of the molecule is Cc1nc2c(C)ccc(C)n2c1C(C)(C)C. The Hall–Kier alpha value is -1.31. The molecule has 2 aromatic rings. The Labute approximate surface area is 97.3 Å². The fraction of sp³-hybridized carbons (Fsp3) is 0.500. The number of nitrogens with zero attached hydrogens (tertiary/aromatic N) is 2. The van der Waals surface area contributed by atoms with Crippen molar-refractivity contribution in [2.24, 2.45) is 0 Å². The molecule has 0 spiro atoms. The smallest absolute Gasteiger partial charge is 0.140 e. The van der Waals surface area contributed by atoms with E-state index in [0.29, 0.717) is 0 Å². The van der Waals surface area contributed by atoms with Gasteiger partial charge in [0.05, 0.1) is 11.4 Å². The van der Waals surface area contributed by atoms with Gasteiger partial charge in [-0.2, -0.15) is 0 Å². The Morgan fingerprint density at radius 1 is 1.06 bits per heavy atom. The largest absolute Gasteiger partial charge is 0.300 e. The van der Waals surface area contributed by atoms with Crippen molar-refractivity contribution in [1.29, 1.82) is 0 Å². The van der Waals surface area contributed by atoms with E-state index in [2.05, 4.69) is 58.1 Å². The molecule has 0 aromatic carbocycles. The van der Waals surface area contributed by atoms with Crippen molar-refractivity contribution in [3.8, 4) is 0 Å². The first kappa shape index (κ1) is 11.2. The maximum Gasteiger partial charge on any atom is 0.140 e. The molecule has 2 rings (SSSR count). The van der Waals surface area contributed by atoms with Crippen molar-refractivity contribution in [3.05, 3.63) is 34.8 Å². The molecule has 0 aliphatic carbocycles. The summed E-state index contributed by atoms with van der Waals surface area (Å²) < 4.78 is 2.30. The first-order chi connectivity index (χ1) is 7.32. The number of hydrogen-bond donors (Lipinski definition) is 0. The van der Waals surface area contributed by atoms with Crippen molar-refractivity contribution in [1.82, 2.24) is 9.38 Å². The summed E-state index contributed by atoms with van der Waals surface area (Å²) in [6, 6.07) is 4.31. The van der Waals surface area contributed by atoms with Gasteiger partial charge in [-0.05, 0) is 32.4 Å². The second kappa shape index (κ2) is 3.34. The van der Waals surface area contributed by atoms with Gasteiger partial charge in [0.25, 0.3) is 0 Å². The van der Waals surface area contributed by atoms with Gasteiger partial charge in [-0.3, -0.25) is 0 Å². The predicted octanol–water partition coefficient (Wildman–Crippen LogP) is 3.56. The highest BCUT2D eigenvalue weighted by molar-refractivity contribution is 5.52. The van der Waals surface area contributed by atoms with E-state index in [1.807, 2.05) is 0 Å². The third-order valence-electron chi connectivity index (χ3n) is 3.04. The Bertz CT molecular complexity index is 542. The van der Waals surface area contributed by atoms with E-state index < -0.39 is 0 Å². The van der Waals surface area contributed by atoms with Crippen LogP contribution in [-0.4, -0.2) is 9.38 Å². The highest BCUT2D eigenvalue weighted by atomic mass is 15.0. The predicted molar refractivity (Wildman–Crippen MR) is 68.1 cm³/mol. The second-order valence-electron chi connectivity index (χ2n) is 5.61. The van der Waals surface area contributed by atoms with Gasteiger partial charge < -0.3 is 4.40 Å². The minimum atomic E-state index is 0.127. The van der Waals surface area contributed by atoms with Gasteiger partial charge in [0.1, 0.15) is 5.65 Å². The highest BCUT2D eigenvalue weighted by Crippen LogP contribution is 2.28. The Morgan fingerprint density at radius 3 is 2.25 bits per heavy atom. The standard InChI is InChI=1S/C14H20N2/c1-9-7-8-10(2)16-12(14(4,5)6)11(3)15-13(9)16/h7-8H,1-6H3. The average molecular weight is 216 g/mol. The van der Waals surface area contributed by atoms with Crippen LogP contribution in [0.5, 0.6) is 0 Å². The number of rotatable bonds is 0. The summed E-state index contributed by atoms with van der Waals surface area (Å²) >= 11 is 0. The van der Waals surface area contributed by atoms with E-state index in [-0.39, 0.29) is 5.41 Å². The molecule has 0 saturated carbocycles. The van der Waals surface area contributed by atoms with Crippen molar-refractivity contribution in [3.63, 3.8) is 0 Å².